The Kier molecular flexibility index (Phi) is 5.48. The van der Waals surface area contributed by atoms with Crippen molar-refractivity contribution in [3.05, 3.63) is 30.2 Å². The summed E-state index contributed by atoms with van der Waals surface area (Å²) in [5.74, 6) is -2.47. The third-order valence-corrected chi connectivity index (χ3v) is 7.66. The molecule has 7 nitrogen and oxygen atoms in total. The van der Waals surface area contributed by atoms with Crippen LogP contribution in [-0.4, -0.2) is 74.0 Å². The molecule has 2 heterocycles. The van der Waals surface area contributed by atoms with Gasteiger partial charge in [0.25, 0.3) is 0 Å². The van der Waals surface area contributed by atoms with Gasteiger partial charge in [-0.25, -0.2) is 4.79 Å². The lowest BCUT2D eigenvalue weighted by atomic mass is 10.1. The molecule has 3 amide bonds. The summed E-state index contributed by atoms with van der Waals surface area (Å²) in [6.07, 6.45) is 0.144. The van der Waals surface area contributed by atoms with Crippen LogP contribution in [0.15, 0.2) is 35.1 Å². The molecular weight excluding hydrogens is 424 g/mol. The van der Waals surface area contributed by atoms with Crippen molar-refractivity contribution >= 4 is 47.2 Å². The molecule has 2 aliphatic heterocycles. The smallest absolute Gasteiger partial charge is 0.326 e. The molecule has 1 N–H and O–H groups in total. The highest BCUT2D eigenvalue weighted by Crippen LogP contribution is 2.34. The van der Waals surface area contributed by atoms with Gasteiger partial charge < -0.3 is 10.0 Å². The number of rotatable bonds is 8. The fourth-order valence-corrected chi connectivity index (χ4v) is 5.82. The van der Waals surface area contributed by atoms with Crippen molar-refractivity contribution < 1.29 is 31.1 Å². The Morgan fingerprint density at radius 1 is 1.30 bits per heavy atom. The Labute approximate surface area is 191 Å². The molecule has 2 fully saturated rings. The highest BCUT2D eigenvalue weighted by atomic mass is 32.2. The summed E-state index contributed by atoms with van der Waals surface area (Å²) in [5.41, 5.74) is 0. The van der Waals surface area contributed by atoms with Crippen molar-refractivity contribution in [1.29, 1.82) is 0 Å². The molecule has 1 aromatic rings. The molecule has 0 spiro atoms. The van der Waals surface area contributed by atoms with Gasteiger partial charge in [0.05, 0.1) is 12.1 Å². The number of carboxylic acid groups (broad SMARTS) is 1. The maximum absolute atomic E-state index is 13.1. The number of benzene rings is 1. The average molecular weight is 456 g/mol. The lowest BCUT2D eigenvalue weighted by Crippen LogP contribution is -2.43. The fraction of sp³-hybridized carbons (Fsp3) is 0.524. The molecule has 0 saturated carbocycles. The summed E-state index contributed by atoms with van der Waals surface area (Å²) in [5, 5.41) is 8.67. The molecule has 2 aliphatic rings. The molecular formula is C21H26N2O5S2. The second-order valence-corrected chi connectivity index (χ2v) is 9.72. The maximum atomic E-state index is 13.1. The van der Waals surface area contributed by atoms with Gasteiger partial charge in [0, 0.05) is 41.3 Å². The Balaban J connectivity index is 1.69. The van der Waals surface area contributed by atoms with E-state index in [-0.39, 0.29) is 53.9 Å². The number of thioether (sulfide) groups is 2. The van der Waals surface area contributed by atoms with Gasteiger partial charge in [0.1, 0.15) is 6.04 Å². The Hall–Kier alpha value is -2.00. The lowest BCUT2D eigenvalue weighted by molar-refractivity contribution is -0.149. The SMILES string of the molecule is [2H]c1c([2H])c([2H])c(S[C@H]2C[C@H](C(=O)O)N(C(=O)[C@H](C)CSC3CC(=O)N(CC)C3=O)C2)c([2H])c1[2H]. The van der Waals surface area contributed by atoms with Crippen LogP contribution >= 0.6 is 23.5 Å². The molecule has 1 unspecified atom stereocenters. The molecule has 3 rings (SSSR count). The normalized spacial score (nSPS) is 27.4. The van der Waals surface area contributed by atoms with Gasteiger partial charge in [-0.05, 0) is 25.4 Å². The van der Waals surface area contributed by atoms with Crippen LogP contribution in [0.2, 0.25) is 0 Å². The number of nitrogens with zero attached hydrogens (tertiary/aromatic N) is 2. The van der Waals surface area contributed by atoms with E-state index in [1.807, 2.05) is 0 Å². The third-order valence-electron chi connectivity index (χ3n) is 5.08. The first kappa shape index (κ1) is 16.7. The second-order valence-electron chi connectivity index (χ2n) is 7.18. The van der Waals surface area contributed by atoms with Gasteiger partial charge in [0.15, 0.2) is 0 Å². The van der Waals surface area contributed by atoms with E-state index in [1.54, 1.807) is 13.8 Å². The number of likely N-dealkylation sites (tertiary alicyclic amines) is 2. The summed E-state index contributed by atoms with van der Waals surface area (Å²) < 4.78 is 39.5. The van der Waals surface area contributed by atoms with E-state index in [4.69, 9.17) is 6.85 Å². The first-order chi connectivity index (χ1) is 16.4. The topological polar surface area (TPSA) is 95.0 Å². The first-order valence-corrected chi connectivity index (χ1v) is 11.5. The van der Waals surface area contributed by atoms with Crippen molar-refractivity contribution in [2.24, 2.45) is 5.92 Å². The van der Waals surface area contributed by atoms with Crippen molar-refractivity contribution in [3.8, 4) is 0 Å². The minimum Gasteiger partial charge on any atom is -0.480 e. The molecule has 30 heavy (non-hydrogen) atoms. The lowest BCUT2D eigenvalue weighted by Gasteiger charge is -2.25. The average Bonchev–Trinajstić information content (AvgIpc) is 3.37. The monoisotopic (exact) mass is 455 g/mol. The van der Waals surface area contributed by atoms with E-state index in [0.29, 0.717) is 6.54 Å². The first-order valence-electron chi connectivity index (χ1n) is 12.1. The van der Waals surface area contributed by atoms with Crippen LogP contribution in [0.1, 0.15) is 33.5 Å². The number of amides is 3. The Morgan fingerprint density at radius 2 is 2.00 bits per heavy atom. The number of imide groups is 1. The number of hydrogen-bond donors (Lipinski definition) is 1. The van der Waals surface area contributed by atoms with Crippen LogP contribution in [0.4, 0.5) is 0 Å². The van der Waals surface area contributed by atoms with E-state index in [9.17, 15) is 24.3 Å². The van der Waals surface area contributed by atoms with Gasteiger partial charge in [-0.15, -0.1) is 23.5 Å². The van der Waals surface area contributed by atoms with Crippen molar-refractivity contribution in [1.82, 2.24) is 9.80 Å². The van der Waals surface area contributed by atoms with E-state index >= 15 is 0 Å². The van der Waals surface area contributed by atoms with Crippen LogP contribution in [0.5, 0.6) is 0 Å². The molecule has 0 radical (unpaired) electrons. The zero-order valence-corrected chi connectivity index (χ0v) is 18.3. The number of carbonyl (C=O) groups is 4. The number of carbonyl (C=O) groups excluding carboxylic acids is 3. The van der Waals surface area contributed by atoms with E-state index in [0.717, 1.165) is 11.8 Å². The molecule has 9 heteroatoms. The summed E-state index contributed by atoms with van der Waals surface area (Å²) in [7, 11) is 0. The molecule has 4 atom stereocenters. The van der Waals surface area contributed by atoms with E-state index < -0.39 is 52.5 Å². The highest BCUT2D eigenvalue weighted by Gasteiger charge is 2.42. The summed E-state index contributed by atoms with van der Waals surface area (Å²) in [6.45, 7) is 3.70. The predicted octanol–water partition coefficient (Wildman–Crippen LogP) is 2.35. The van der Waals surface area contributed by atoms with Crippen LogP contribution in [0.25, 0.3) is 0 Å². The van der Waals surface area contributed by atoms with Gasteiger partial charge in [-0.2, -0.15) is 0 Å². The predicted molar refractivity (Wildman–Crippen MR) is 116 cm³/mol. The molecule has 1 aromatic carbocycles. The Bertz CT molecular complexity index is 1050. The zero-order chi connectivity index (χ0) is 26.2. The molecule has 2 saturated heterocycles. The summed E-state index contributed by atoms with van der Waals surface area (Å²) in [4.78, 5) is 51.7. The van der Waals surface area contributed by atoms with Crippen LogP contribution in [0.3, 0.4) is 0 Å². The standard InChI is InChI=1S/C21H26N2O5S2/c1-3-22-18(24)10-17(20(22)26)29-12-13(2)19(25)23-11-15(9-16(23)21(27)28)30-14-7-5-4-6-8-14/h4-8,13,15-17H,3,9-12H2,1-2H3,(H,27,28)/t13-,15+,16-,17?/m1/s1/i4D,5D,6D,7D,8D. The molecule has 0 aromatic heterocycles. The minimum absolute atomic E-state index is 0.0212. The van der Waals surface area contributed by atoms with Crippen molar-refractivity contribution in [2.75, 3.05) is 18.8 Å². The minimum atomic E-state index is -1.18. The van der Waals surface area contributed by atoms with Gasteiger partial charge in [-0.3, -0.25) is 19.3 Å². The van der Waals surface area contributed by atoms with E-state index in [2.05, 4.69) is 0 Å². The summed E-state index contributed by atoms with van der Waals surface area (Å²) >= 11 is 2.19. The highest BCUT2D eigenvalue weighted by molar-refractivity contribution is 8.00. The zero-order valence-electron chi connectivity index (χ0n) is 21.6. The largest absolute Gasteiger partial charge is 0.480 e. The third kappa shape index (κ3) is 5.00. The van der Waals surface area contributed by atoms with Gasteiger partial charge in [-0.1, -0.05) is 25.1 Å². The molecule has 162 valence electrons. The number of aliphatic carboxylic acids is 1. The fourth-order valence-electron chi connectivity index (χ4n) is 3.55. The quantitative estimate of drug-likeness (QED) is 0.601. The maximum Gasteiger partial charge on any atom is 0.326 e. The van der Waals surface area contributed by atoms with Gasteiger partial charge >= 0.3 is 5.97 Å². The molecule has 0 aliphatic carbocycles. The van der Waals surface area contributed by atoms with E-state index in [1.165, 1.54) is 21.6 Å². The number of carboxylic acids is 1. The Morgan fingerprint density at radius 3 is 2.60 bits per heavy atom. The summed E-state index contributed by atoms with van der Waals surface area (Å²) in [6, 6.07) is -3.28. The van der Waals surface area contributed by atoms with Crippen LogP contribution in [0, 0.1) is 5.92 Å². The van der Waals surface area contributed by atoms with Crippen molar-refractivity contribution in [3.63, 3.8) is 0 Å². The van der Waals surface area contributed by atoms with Crippen LogP contribution in [-0.2, 0) is 19.2 Å². The van der Waals surface area contributed by atoms with Crippen LogP contribution < -0.4 is 0 Å². The molecule has 0 bridgehead atoms. The van der Waals surface area contributed by atoms with Crippen molar-refractivity contribution in [2.45, 2.75) is 48.1 Å². The van der Waals surface area contributed by atoms with Gasteiger partial charge in [0.2, 0.25) is 17.7 Å². The second kappa shape index (κ2) is 9.87. The number of hydrogen-bond acceptors (Lipinski definition) is 6.